The molecule has 0 aromatic heterocycles. The summed E-state index contributed by atoms with van der Waals surface area (Å²) in [6, 6.07) is 7.22. The molecule has 0 aliphatic carbocycles. The Balaban J connectivity index is 2.81. The maximum atomic E-state index is 11.8. The van der Waals surface area contributed by atoms with E-state index in [4.69, 9.17) is 9.47 Å². The average Bonchev–Trinajstić information content (AvgIpc) is 2.35. The molecule has 0 saturated carbocycles. The van der Waals surface area contributed by atoms with Crippen LogP contribution >= 0.6 is 15.9 Å². The Morgan fingerprint density at radius 1 is 1.44 bits per heavy atom. The van der Waals surface area contributed by atoms with Gasteiger partial charge in [0.1, 0.15) is 6.04 Å². The first kappa shape index (κ1) is 15.0. The van der Waals surface area contributed by atoms with Gasteiger partial charge in [0, 0.05) is 23.2 Å². The number of nitrogens with one attached hydrogen (secondary N) is 1. The topological polar surface area (TPSA) is 47.6 Å². The van der Waals surface area contributed by atoms with Crippen LogP contribution in [0.3, 0.4) is 0 Å². The Labute approximate surface area is 116 Å². The number of rotatable bonds is 6. The lowest BCUT2D eigenvalue weighted by atomic mass is 10.0. The van der Waals surface area contributed by atoms with Gasteiger partial charge in [-0.3, -0.25) is 0 Å². The summed E-state index contributed by atoms with van der Waals surface area (Å²) in [5, 5.41) is 3.17. The Hall–Kier alpha value is -1.07. The highest BCUT2D eigenvalue weighted by atomic mass is 79.9. The first-order chi connectivity index (χ1) is 8.58. The fourth-order valence-electron chi connectivity index (χ4n) is 1.68. The number of hydrogen-bond acceptors (Lipinski definition) is 4. The van der Waals surface area contributed by atoms with Crippen molar-refractivity contribution in [3.8, 4) is 0 Å². The van der Waals surface area contributed by atoms with Gasteiger partial charge in [-0.1, -0.05) is 28.9 Å². The summed E-state index contributed by atoms with van der Waals surface area (Å²) >= 11 is 3.39. The van der Waals surface area contributed by atoms with E-state index in [9.17, 15) is 4.79 Å². The van der Waals surface area contributed by atoms with Crippen LogP contribution in [-0.2, 0) is 14.3 Å². The molecule has 0 bridgehead atoms. The van der Waals surface area contributed by atoms with Gasteiger partial charge in [-0.25, -0.2) is 4.79 Å². The summed E-state index contributed by atoms with van der Waals surface area (Å²) in [5.74, 6) is -0.277. The second kappa shape index (κ2) is 7.38. The highest BCUT2D eigenvalue weighted by Crippen LogP contribution is 2.19. The lowest BCUT2D eigenvalue weighted by molar-refractivity contribution is -0.143. The van der Waals surface area contributed by atoms with Gasteiger partial charge >= 0.3 is 5.97 Å². The van der Waals surface area contributed by atoms with E-state index in [2.05, 4.69) is 21.2 Å². The van der Waals surface area contributed by atoms with Gasteiger partial charge in [-0.15, -0.1) is 0 Å². The number of esters is 1. The number of anilines is 1. The van der Waals surface area contributed by atoms with Gasteiger partial charge < -0.3 is 14.8 Å². The molecular formula is C13H18BrNO3. The highest BCUT2D eigenvalue weighted by molar-refractivity contribution is 9.10. The summed E-state index contributed by atoms with van der Waals surface area (Å²) < 4.78 is 10.9. The third-order valence-electron chi connectivity index (χ3n) is 2.60. The average molecular weight is 316 g/mol. The third kappa shape index (κ3) is 4.31. The molecule has 0 radical (unpaired) electrons. The van der Waals surface area contributed by atoms with Gasteiger partial charge in [0.2, 0.25) is 0 Å². The monoisotopic (exact) mass is 315 g/mol. The quantitative estimate of drug-likeness (QED) is 0.820. The van der Waals surface area contributed by atoms with Crippen LogP contribution in [0.15, 0.2) is 28.7 Å². The molecule has 2 atom stereocenters. The molecule has 1 aromatic rings. The molecule has 5 heteroatoms. The molecule has 100 valence electrons. The number of benzene rings is 1. The summed E-state index contributed by atoms with van der Waals surface area (Å²) in [4.78, 5) is 11.8. The molecule has 0 saturated heterocycles. The van der Waals surface area contributed by atoms with E-state index in [1.165, 1.54) is 7.11 Å². The van der Waals surface area contributed by atoms with Crippen molar-refractivity contribution in [3.63, 3.8) is 0 Å². The van der Waals surface area contributed by atoms with Crippen molar-refractivity contribution in [2.75, 3.05) is 26.1 Å². The zero-order chi connectivity index (χ0) is 13.5. The SMILES string of the molecule is COCC(C)C(Nc1cccc(Br)c1)C(=O)OC. The number of carbonyl (C=O) groups excluding carboxylic acids is 1. The first-order valence-electron chi connectivity index (χ1n) is 5.67. The van der Waals surface area contributed by atoms with Gasteiger partial charge in [0.25, 0.3) is 0 Å². The zero-order valence-electron chi connectivity index (χ0n) is 10.8. The largest absolute Gasteiger partial charge is 0.467 e. The molecule has 0 spiro atoms. The van der Waals surface area contributed by atoms with E-state index in [-0.39, 0.29) is 11.9 Å². The predicted molar refractivity (Wildman–Crippen MR) is 74.6 cm³/mol. The van der Waals surface area contributed by atoms with Crippen molar-refractivity contribution in [3.05, 3.63) is 28.7 Å². The normalized spacial score (nSPS) is 13.8. The number of halogens is 1. The molecule has 4 nitrogen and oxygen atoms in total. The van der Waals surface area contributed by atoms with E-state index in [0.29, 0.717) is 6.61 Å². The van der Waals surface area contributed by atoms with Crippen LogP contribution in [0.1, 0.15) is 6.92 Å². The first-order valence-corrected chi connectivity index (χ1v) is 6.46. The molecule has 0 aliphatic rings. The predicted octanol–water partition coefficient (Wildman–Crippen LogP) is 2.69. The Morgan fingerprint density at radius 3 is 2.72 bits per heavy atom. The van der Waals surface area contributed by atoms with E-state index in [1.807, 2.05) is 31.2 Å². The Kier molecular flexibility index (Phi) is 6.15. The number of methoxy groups -OCH3 is 2. The van der Waals surface area contributed by atoms with E-state index >= 15 is 0 Å². The van der Waals surface area contributed by atoms with Crippen LogP contribution in [0, 0.1) is 5.92 Å². The summed E-state index contributed by atoms with van der Waals surface area (Å²) in [6.07, 6.45) is 0. The lowest BCUT2D eigenvalue weighted by Crippen LogP contribution is -2.38. The highest BCUT2D eigenvalue weighted by Gasteiger charge is 2.25. The van der Waals surface area contributed by atoms with E-state index in [1.54, 1.807) is 7.11 Å². The molecule has 1 aromatic carbocycles. The van der Waals surface area contributed by atoms with Gasteiger partial charge in [-0.2, -0.15) is 0 Å². The summed E-state index contributed by atoms with van der Waals surface area (Å²) in [7, 11) is 3.00. The molecule has 0 amide bonds. The fraction of sp³-hybridized carbons (Fsp3) is 0.462. The van der Waals surface area contributed by atoms with Crippen LogP contribution < -0.4 is 5.32 Å². The molecule has 2 unspecified atom stereocenters. The van der Waals surface area contributed by atoms with Crippen molar-refractivity contribution in [1.29, 1.82) is 0 Å². The number of ether oxygens (including phenoxy) is 2. The van der Waals surface area contributed by atoms with Crippen molar-refractivity contribution < 1.29 is 14.3 Å². The van der Waals surface area contributed by atoms with Crippen molar-refractivity contribution in [1.82, 2.24) is 0 Å². The van der Waals surface area contributed by atoms with Gasteiger partial charge in [-0.05, 0) is 18.2 Å². The summed E-state index contributed by atoms with van der Waals surface area (Å²) in [5.41, 5.74) is 0.864. The van der Waals surface area contributed by atoms with Crippen LogP contribution in [0.25, 0.3) is 0 Å². The van der Waals surface area contributed by atoms with Crippen molar-refractivity contribution >= 4 is 27.6 Å². The smallest absolute Gasteiger partial charge is 0.328 e. The van der Waals surface area contributed by atoms with Crippen molar-refractivity contribution in [2.45, 2.75) is 13.0 Å². The molecule has 18 heavy (non-hydrogen) atoms. The van der Waals surface area contributed by atoms with Crippen LogP contribution in [0.4, 0.5) is 5.69 Å². The molecule has 0 aliphatic heterocycles. The standard InChI is InChI=1S/C13H18BrNO3/c1-9(8-17-2)12(13(16)18-3)15-11-6-4-5-10(14)7-11/h4-7,9,12,15H,8H2,1-3H3. The molecule has 1 N–H and O–H groups in total. The van der Waals surface area contributed by atoms with E-state index in [0.717, 1.165) is 10.2 Å². The zero-order valence-corrected chi connectivity index (χ0v) is 12.4. The Morgan fingerprint density at radius 2 is 2.17 bits per heavy atom. The Bertz CT molecular complexity index is 398. The maximum Gasteiger partial charge on any atom is 0.328 e. The second-order valence-electron chi connectivity index (χ2n) is 4.09. The minimum Gasteiger partial charge on any atom is -0.467 e. The third-order valence-corrected chi connectivity index (χ3v) is 3.09. The number of hydrogen-bond donors (Lipinski definition) is 1. The summed E-state index contributed by atoms with van der Waals surface area (Å²) in [6.45, 7) is 2.43. The van der Waals surface area contributed by atoms with Gasteiger partial charge in [0.05, 0.1) is 13.7 Å². The fourth-order valence-corrected chi connectivity index (χ4v) is 2.08. The molecule has 0 heterocycles. The maximum absolute atomic E-state index is 11.8. The van der Waals surface area contributed by atoms with Crippen molar-refractivity contribution in [2.24, 2.45) is 5.92 Å². The van der Waals surface area contributed by atoms with Gasteiger partial charge in [0.15, 0.2) is 0 Å². The minimum absolute atomic E-state index is 0.0152. The van der Waals surface area contributed by atoms with Crippen LogP contribution in [0.2, 0.25) is 0 Å². The van der Waals surface area contributed by atoms with E-state index < -0.39 is 6.04 Å². The molecule has 0 fully saturated rings. The second-order valence-corrected chi connectivity index (χ2v) is 5.00. The minimum atomic E-state index is -0.427. The van der Waals surface area contributed by atoms with Crippen LogP contribution in [0.5, 0.6) is 0 Å². The molecular weight excluding hydrogens is 298 g/mol. The number of carbonyl (C=O) groups is 1. The molecule has 1 rings (SSSR count). The lowest BCUT2D eigenvalue weighted by Gasteiger charge is -2.23. The van der Waals surface area contributed by atoms with Crippen LogP contribution in [-0.4, -0.2) is 32.8 Å².